The Labute approximate surface area is 150 Å². The fourth-order valence-corrected chi connectivity index (χ4v) is 2.57. The summed E-state index contributed by atoms with van der Waals surface area (Å²) in [6.07, 6.45) is 0. The molecule has 26 heavy (non-hydrogen) atoms. The van der Waals surface area contributed by atoms with Crippen molar-refractivity contribution in [3.05, 3.63) is 76.6 Å². The third-order valence-electron chi connectivity index (χ3n) is 3.95. The minimum atomic E-state index is -0.342. The molecule has 0 bridgehead atoms. The Morgan fingerprint density at radius 1 is 0.962 bits per heavy atom. The van der Waals surface area contributed by atoms with E-state index in [4.69, 9.17) is 9.47 Å². The van der Waals surface area contributed by atoms with Gasteiger partial charge >= 0.3 is 0 Å². The normalized spacial score (nSPS) is 10.4. The van der Waals surface area contributed by atoms with Crippen molar-refractivity contribution >= 4 is 5.78 Å². The summed E-state index contributed by atoms with van der Waals surface area (Å²) in [5, 5.41) is 4.33. The number of carbonyl (C=O) groups is 1. The number of hydrogen-bond acceptors (Lipinski definition) is 5. The van der Waals surface area contributed by atoms with Gasteiger partial charge < -0.3 is 9.47 Å². The van der Waals surface area contributed by atoms with Gasteiger partial charge in [-0.2, -0.15) is 5.10 Å². The first kappa shape index (κ1) is 17.4. The Hall–Kier alpha value is -3.41. The highest BCUT2D eigenvalue weighted by molar-refractivity contribution is 5.95. The number of ketones is 1. The molecule has 0 unspecified atom stereocenters. The Morgan fingerprint density at radius 2 is 1.69 bits per heavy atom. The fraction of sp³-hybridized carbons (Fsp3) is 0.150. The number of benzene rings is 2. The van der Waals surface area contributed by atoms with Crippen LogP contribution in [0.15, 0.2) is 65.5 Å². The van der Waals surface area contributed by atoms with Crippen LogP contribution in [0.5, 0.6) is 11.5 Å². The summed E-state index contributed by atoms with van der Waals surface area (Å²) < 4.78 is 11.6. The van der Waals surface area contributed by atoms with Crippen molar-refractivity contribution in [1.29, 1.82) is 0 Å². The van der Waals surface area contributed by atoms with Gasteiger partial charge in [0, 0.05) is 17.2 Å². The van der Waals surface area contributed by atoms with Crippen LogP contribution in [0.2, 0.25) is 0 Å². The van der Waals surface area contributed by atoms with Gasteiger partial charge in [0.15, 0.2) is 5.78 Å². The Morgan fingerprint density at radius 3 is 2.38 bits per heavy atom. The van der Waals surface area contributed by atoms with Crippen LogP contribution in [0.3, 0.4) is 0 Å². The van der Waals surface area contributed by atoms with Crippen LogP contribution in [-0.4, -0.2) is 29.8 Å². The molecule has 0 saturated heterocycles. The van der Waals surface area contributed by atoms with Crippen molar-refractivity contribution in [2.24, 2.45) is 0 Å². The number of para-hydroxylation sites is 1. The molecule has 2 aromatic carbocycles. The van der Waals surface area contributed by atoms with Crippen molar-refractivity contribution in [3.8, 4) is 22.8 Å². The number of carbonyl (C=O) groups excluding carboxylic acids is 1. The molecule has 0 N–H and O–H groups in total. The molecule has 1 heterocycles. The minimum Gasteiger partial charge on any atom is -0.497 e. The zero-order valence-electron chi connectivity index (χ0n) is 14.5. The van der Waals surface area contributed by atoms with Gasteiger partial charge in [-0.15, -0.1) is 0 Å². The molecular weight excluding hydrogens is 332 g/mol. The minimum absolute atomic E-state index is 0.145. The SMILES string of the molecule is COc1ccc(C(=O)Cn2nc(-c3ccccc3OC)ccc2=O)cc1. The van der Waals surface area contributed by atoms with Crippen LogP contribution in [0, 0.1) is 0 Å². The maximum atomic E-state index is 12.5. The van der Waals surface area contributed by atoms with Gasteiger partial charge in [0.1, 0.15) is 18.0 Å². The van der Waals surface area contributed by atoms with Crippen LogP contribution < -0.4 is 15.0 Å². The van der Waals surface area contributed by atoms with Crippen LogP contribution in [0.25, 0.3) is 11.3 Å². The molecule has 0 saturated carbocycles. The Balaban J connectivity index is 1.90. The summed E-state index contributed by atoms with van der Waals surface area (Å²) in [6, 6.07) is 17.1. The first-order chi connectivity index (χ1) is 12.6. The molecule has 6 nitrogen and oxygen atoms in total. The molecule has 3 rings (SSSR count). The smallest absolute Gasteiger partial charge is 0.267 e. The second-order valence-corrected chi connectivity index (χ2v) is 5.57. The van der Waals surface area contributed by atoms with E-state index in [9.17, 15) is 9.59 Å². The van der Waals surface area contributed by atoms with Gasteiger partial charge in [0.2, 0.25) is 0 Å². The number of aromatic nitrogens is 2. The summed E-state index contributed by atoms with van der Waals surface area (Å²) >= 11 is 0. The molecule has 0 radical (unpaired) electrons. The predicted molar refractivity (Wildman–Crippen MR) is 97.8 cm³/mol. The van der Waals surface area contributed by atoms with E-state index in [1.54, 1.807) is 44.6 Å². The van der Waals surface area contributed by atoms with Gasteiger partial charge in [-0.1, -0.05) is 12.1 Å². The van der Waals surface area contributed by atoms with Gasteiger partial charge in [0.05, 0.1) is 19.9 Å². The lowest BCUT2D eigenvalue weighted by molar-refractivity contribution is 0.0966. The molecule has 0 aliphatic heterocycles. The van der Waals surface area contributed by atoms with Crippen molar-refractivity contribution in [2.45, 2.75) is 6.54 Å². The van der Waals surface area contributed by atoms with Crippen LogP contribution >= 0.6 is 0 Å². The van der Waals surface area contributed by atoms with E-state index in [0.29, 0.717) is 22.8 Å². The van der Waals surface area contributed by atoms with E-state index >= 15 is 0 Å². The summed E-state index contributed by atoms with van der Waals surface area (Å²) in [6.45, 7) is -0.145. The lowest BCUT2D eigenvalue weighted by Crippen LogP contribution is -2.26. The first-order valence-corrected chi connectivity index (χ1v) is 8.01. The number of ether oxygens (including phenoxy) is 2. The van der Waals surface area contributed by atoms with Gasteiger partial charge in [-0.3, -0.25) is 9.59 Å². The van der Waals surface area contributed by atoms with Crippen LogP contribution in [0.4, 0.5) is 0 Å². The van der Waals surface area contributed by atoms with Gasteiger partial charge in [-0.05, 0) is 42.5 Å². The average molecular weight is 350 g/mol. The van der Waals surface area contributed by atoms with Crippen molar-refractivity contribution in [2.75, 3.05) is 14.2 Å². The van der Waals surface area contributed by atoms with Crippen molar-refractivity contribution in [3.63, 3.8) is 0 Å². The maximum absolute atomic E-state index is 12.5. The second-order valence-electron chi connectivity index (χ2n) is 5.57. The number of Topliss-reactive ketones (excluding diaryl/α,β-unsaturated/α-hetero) is 1. The molecule has 0 amide bonds. The fourth-order valence-electron chi connectivity index (χ4n) is 2.57. The highest BCUT2D eigenvalue weighted by Crippen LogP contribution is 2.27. The largest absolute Gasteiger partial charge is 0.497 e. The van der Waals surface area contributed by atoms with E-state index in [2.05, 4.69) is 5.10 Å². The summed E-state index contributed by atoms with van der Waals surface area (Å²) in [5.74, 6) is 1.10. The van der Waals surface area contributed by atoms with Gasteiger partial charge in [-0.25, -0.2) is 4.68 Å². The Bertz CT molecular complexity index is 978. The van der Waals surface area contributed by atoms with Crippen LogP contribution in [-0.2, 0) is 6.54 Å². The van der Waals surface area contributed by atoms with Gasteiger partial charge in [0.25, 0.3) is 5.56 Å². The first-order valence-electron chi connectivity index (χ1n) is 8.01. The molecule has 132 valence electrons. The number of rotatable bonds is 6. The molecule has 0 atom stereocenters. The quantitative estimate of drug-likeness (QED) is 0.639. The number of hydrogen-bond donors (Lipinski definition) is 0. The summed E-state index contributed by atoms with van der Waals surface area (Å²) in [7, 11) is 3.13. The van der Waals surface area contributed by atoms with E-state index in [1.807, 2.05) is 24.3 Å². The van der Waals surface area contributed by atoms with E-state index in [0.717, 1.165) is 10.2 Å². The molecule has 0 fully saturated rings. The Kier molecular flexibility index (Phi) is 5.12. The molecule has 0 spiro atoms. The highest BCUT2D eigenvalue weighted by atomic mass is 16.5. The molecule has 1 aromatic heterocycles. The van der Waals surface area contributed by atoms with E-state index < -0.39 is 0 Å². The molecule has 0 aliphatic carbocycles. The zero-order valence-corrected chi connectivity index (χ0v) is 14.5. The summed E-state index contributed by atoms with van der Waals surface area (Å²) in [5.41, 5.74) is 1.46. The third kappa shape index (κ3) is 3.64. The van der Waals surface area contributed by atoms with E-state index in [1.165, 1.54) is 6.07 Å². The topological polar surface area (TPSA) is 70.4 Å². The lowest BCUT2D eigenvalue weighted by Gasteiger charge is -2.10. The highest BCUT2D eigenvalue weighted by Gasteiger charge is 2.12. The predicted octanol–water partition coefficient (Wildman–Crippen LogP) is 2.81. The zero-order chi connectivity index (χ0) is 18.5. The average Bonchev–Trinajstić information content (AvgIpc) is 2.69. The molecule has 0 aliphatic rings. The van der Waals surface area contributed by atoms with Crippen molar-refractivity contribution in [1.82, 2.24) is 9.78 Å². The molecule has 3 aromatic rings. The monoisotopic (exact) mass is 350 g/mol. The van der Waals surface area contributed by atoms with Crippen molar-refractivity contribution < 1.29 is 14.3 Å². The van der Waals surface area contributed by atoms with Crippen LogP contribution in [0.1, 0.15) is 10.4 Å². The molecular formula is C20H18N2O4. The standard InChI is InChI=1S/C20H18N2O4/c1-25-15-9-7-14(8-10-15)18(23)13-22-20(24)12-11-17(21-22)16-5-3-4-6-19(16)26-2/h3-12H,13H2,1-2H3. The number of methoxy groups -OCH3 is 2. The third-order valence-corrected chi connectivity index (χ3v) is 3.95. The maximum Gasteiger partial charge on any atom is 0.267 e. The second kappa shape index (κ2) is 7.65. The summed E-state index contributed by atoms with van der Waals surface area (Å²) in [4.78, 5) is 24.6. The lowest BCUT2D eigenvalue weighted by atomic mass is 10.1. The number of nitrogens with zero attached hydrogens (tertiary/aromatic N) is 2. The molecule has 6 heteroatoms. The van der Waals surface area contributed by atoms with E-state index in [-0.39, 0.29) is 17.9 Å².